The molecular formula is C16H14BrF2NO. The summed E-state index contributed by atoms with van der Waals surface area (Å²) < 4.78 is 27.4. The van der Waals surface area contributed by atoms with Gasteiger partial charge in [-0.2, -0.15) is 0 Å². The predicted octanol–water partition coefficient (Wildman–Crippen LogP) is 4.39. The number of rotatable bonds is 4. The Morgan fingerprint density at radius 3 is 2.43 bits per heavy atom. The standard InChI is InChI=1S/C16H14BrF2NO/c1-2-20(10-12-9-13(17)5-8-15(12)19)16(21)11-3-6-14(18)7-4-11/h3-9H,2,10H2,1H3. The molecule has 0 bridgehead atoms. The van der Waals surface area contributed by atoms with E-state index in [1.807, 2.05) is 6.92 Å². The Labute approximate surface area is 130 Å². The van der Waals surface area contributed by atoms with E-state index in [2.05, 4.69) is 15.9 Å². The second kappa shape index (κ2) is 6.80. The molecule has 2 nitrogen and oxygen atoms in total. The fourth-order valence-corrected chi connectivity index (χ4v) is 2.38. The Kier molecular flexibility index (Phi) is 5.07. The highest BCUT2D eigenvalue weighted by Gasteiger charge is 2.16. The minimum Gasteiger partial charge on any atom is -0.334 e. The van der Waals surface area contributed by atoms with Crippen molar-refractivity contribution in [2.45, 2.75) is 13.5 Å². The third-order valence-electron chi connectivity index (χ3n) is 3.13. The zero-order valence-corrected chi connectivity index (χ0v) is 13.0. The van der Waals surface area contributed by atoms with Crippen LogP contribution >= 0.6 is 15.9 Å². The van der Waals surface area contributed by atoms with Crippen LogP contribution in [0.5, 0.6) is 0 Å². The Balaban J connectivity index is 2.21. The molecule has 0 aliphatic rings. The first kappa shape index (κ1) is 15.6. The highest BCUT2D eigenvalue weighted by Crippen LogP contribution is 2.18. The fraction of sp³-hybridized carbons (Fsp3) is 0.188. The molecule has 0 saturated carbocycles. The van der Waals surface area contributed by atoms with Crippen molar-refractivity contribution in [2.75, 3.05) is 6.54 Å². The van der Waals surface area contributed by atoms with E-state index >= 15 is 0 Å². The van der Waals surface area contributed by atoms with E-state index in [0.29, 0.717) is 17.7 Å². The van der Waals surface area contributed by atoms with Gasteiger partial charge in [-0.1, -0.05) is 15.9 Å². The summed E-state index contributed by atoms with van der Waals surface area (Å²) in [6.45, 7) is 2.41. The highest BCUT2D eigenvalue weighted by molar-refractivity contribution is 9.10. The maximum Gasteiger partial charge on any atom is 0.254 e. The quantitative estimate of drug-likeness (QED) is 0.798. The monoisotopic (exact) mass is 353 g/mol. The lowest BCUT2D eigenvalue weighted by Gasteiger charge is -2.21. The molecule has 2 rings (SSSR count). The molecule has 0 saturated heterocycles. The molecule has 0 aliphatic heterocycles. The van der Waals surface area contributed by atoms with E-state index in [1.165, 1.54) is 35.2 Å². The summed E-state index contributed by atoms with van der Waals surface area (Å²) in [6, 6.07) is 9.94. The van der Waals surface area contributed by atoms with E-state index in [0.717, 1.165) is 4.47 Å². The van der Waals surface area contributed by atoms with Gasteiger partial charge in [0, 0.05) is 28.7 Å². The van der Waals surface area contributed by atoms with Crippen molar-refractivity contribution < 1.29 is 13.6 Å². The van der Waals surface area contributed by atoms with Crippen LogP contribution in [-0.4, -0.2) is 17.4 Å². The Morgan fingerprint density at radius 2 is 1.81 bits per heavy atom. The second-order valence-corrected chi connectivity index (χ2v) is 5.48. The number of hydrogen-bond acceptors (Lipinski definition) is 1. The lowest BCUT2D eigenvalue weighted by Crippen LogP contribution is -2.30. The Hall–Kier alpha value is -1.75. The summed E-state index contributed by atoms with van der Waals surface area (Å²) >= 11 is 3.29. The summed E-state index contributed by atoms with van der Waals surface area (Å²) in [5.74, 6) is -1.01. The second-order valence-electron chi connectivity index (χ2n) is 4.56. The summed E-state index contributed by atoms with van der Waals surface area (Å²) in [7, 11) is 0. The van der Waals surface area contributed by atoms with E-state index < -0.39 is 5.82 Å². The third-order valence-corrected chi connectivity index (χ3v) is 3.62. The zero-order chi connectivity index (χ0) is 15.4. The van der Waals surface area contributed by atoms with Crippen LogP contribution in [0.4, 0.5) is 8.78 Å². The molecule has 0 spiro atoms. The van der Waals surface area contributed by atoms with Gasteiger partial charge in [0.15, 0.2) is 0 Å². The summed E-state index contributed by atoms with van der Waals surface area (Å²) in [6.07, 6.45) is 0. The zero-order valence-electron chi connectivity index (χ0n) is 11.4. The average molecular weight is 354 g/mol. The van der Waals surface area contributed by atoms with Gasteiger partial charge in [-0.25, -0.2) is 8.78 Å². The van der Waals surface area contributed by atoms with Gasteiger partial charge < -0.3 is 4.90 Å². The number of carbonyl (C=O) groups excluding carboxylic acids is 1. The van der Waals surface area contributed by atoms with Gasteiger partial charge in [0.1, 0.15) is 11.6 Å². The molecule has 2 aromatic carbocycles. The number of carbonyl (C=O) groups is 1. The molecule has 2 aromatic rings. The van der Waals surface area contributed by atoms with E-state index in [9.17, 15) is 13.6 Å². The first-order chi connectivity index (χ1) is 10.0. The van der Waals surface area contributed by atoms with Crippen molar-refractivity contribution in [1.29, 1.82) is 0 Å². The number of halogens is 3. The summed E-state index contributed by atoms with van der Waals surface area (Å²) in [5.41, 5.74) is 0.815. The largest absolute Gasteiger partial charge is 0.334 e. The average Bonchev–Trinajstić information content (AvgIpc) is 2.48. The van der Waals surface area contributed by atoms with E-state index in [-0.39, 0.29) is 18.3 Å². The fourth-order valence-electron chi connectivity index (χ4n) is 1.97. The minimum absolute atomic E-state index is 0.165. The molecule has 21 heavy (non-hydrogen) atoms. The molecule has 110 valence electrons. The van der Waals surface area contributed by atoms with Crippen molar-refractivity contribution in [3.8, 4) is 0 Å². The SMILES string of the molecule is CCN(Cc1cc(Br)ccc1F)C(=O)c1ccc(F)cc1. The predicted molar refractivity (Wildman–Crippen MR) is 80.9 cm³/mol. The Bertz CT molecular complexity index is 643. The minimum atomic E-state index is -0.396. The molecule has 0 N–H and O–H groups in total. The van der Waals surface area contributed by atoms with Gasteiger partial charge in [-0.05, 0) is 49.4 Å². The number of nitrogens with zero attached hydrogens (tertiary/aromatic N) is 1. The van der Waals surface area contributed by atoms with Crippen LogP contribution in [0, 0.1) is 11.6 Å². The molecule has 1 amide bonds. The first-order valence-corrected chi connectivity index (χ1v) is 7.29. The normalized spacial score (nSPS) is 10.5. The van der Waals surface area contributed by atoms with Crippen LogP contribution in [0.3, 0.4) is 0 Å². The smallest absolute Gasteiger partial charge is 0.254 e. The van der Waals surface area contributed by atoms with Gasteiger partial charge in [-0.3, -0.25) is 4.79 Å². The van der Waals surface area contributed by atoms with Crippen molar-refractivity contribution >= 4 is 21.8 Å². The van der Waals surface area contributed by atoms with E-state index in [4.69, 9.17) is 0 Å². The van der Waals surface area contributed by atoms with E-state index in [1.54, 1.807) is 12.1 Å². The first-order valence-electron chi connectivity index (χ1n) is 6.50. The van der Waals surface area contributed by atoms with Crippen molar-refractivity contribution in [1.82, 2.24) is 4.90 Å². The van der Waals surface area contributed by atoms with Crippen LogP contribution in [-0.2, 0) is 6.54 Å². The molecule has 0 aliphatic carbocycles. The molecule has 0 heterocycles. The van der Waals surface area contributed by atoms with Gasteiger partial charge in [0.25, 0.3) is 5.91 Å². The maximum atomic E-state index is 13.8. The molecule has 0 aromatic heterocycles. The number of amides is 1. The van der Waals surface area contributed by atoms with Crippen LogP contribution in [0.2, 0.25) is 0 Å². The van der Waals surface area contributed by atoms with Crippen LogP contribution in [0.1, 0.15) is 22.8 Å². The molecule has 0 fully saturated rings. The molecule has 0 radical (unpaired) electrons. The molecule has 0 unspecified atom stereocenters. The Morgan fingerprint density at radius 1 is 1.14 bits per heavy atom. The topological polar surface area (TPSA) is 20.3 Å². The van der Waals surface area contributed by atoms with Crippen molar-refractivity contribution in [3.63, 3.8) is 0 Å². The van der Waals surface area contributed by atoms with Crippen molar-refractivity contribution in [2.24, 2.45) is 0 Å². The van der Waals surface area contributed by atoms with Gasteiger partial charge in [0.2, 0.25) is 0 Å². The lowest BCUT2D eigenvalue weighted by molar-refractivity contribution is 0.0751. The molecular weight excluding hydrogens is 340 g/mol. The van der Waals surface area contributed by atoms with Crippen LogP contribution in [0.15, 0.2) is 46.9 Å². The van der Waals surface area contributed by atoms with Crippen LogP contribution < -0.4 is 0 Å². The maximum absolute atomic E-state index is 13.8. The van der Waals surface area contributed by atoms with Gasteiger partial charge in [-0.15, -0.1) is 0 Å². The third kappa shape index (κ3) is 3.88. The lowest BCUT2D eigenvalue weighted by atomic mass is 10.1. The van der Waals surface area contributed by atoms with Gasteiger partial charge in [0.05, 0.1) is 0 Å². The van der Waals surface area contributed by atoms with Gasteiger partial charge >= 0.3 is 0 Å². The number of benzene rings is 2. The molecule has 5 heteroatoms. The number of hydrogen-bond donors (Lipinski definition) is 0. The molecule has 0 atom stereocenters. The summed E-state index contributed by atoms with van der Waals surface area (Å²) in [4.78, 5) is 13.9. The van der Waals surface area contributed by atoms with Crippen LogP contribution in [0.25, 0.3) is 0 Å². The van der Waals surface area contributed by atoms with Crippen molar-refractivity contribution in [3.05, 3.63) is 69.7 Å². The highest BCUT2D eigenvalue weighted by atomic mass is 79.9. The summed E-state index contributed by atoms with van der Waals surface area (Å²) in [5, 5.41) is 0.